The Bertz CT molecular complexity index is 1090. The molecule has 0 atom stereocenters. The minimum absolute atomic E-state index is 0.000310. The van der Waals surface area contributed by atoms with E-state index in [9.17, 15) is 8.78 Å². The fraction of sp³-hybridized carbons (Fsp3) is 0.0556. The molecule has 26 heavy (non-hydrogen) atoms. The number of halogens is 2. The highest BCUT2D eigenvalue weighted by molar-refractivity contribution is 5.91. The Balaban J connectivity index is 1.60. The molecule has 0 amide bonds. The van der Waals surface area contributed by atoms with Gasteiger partial charge in [-0.1, -0.05) is 12.1 Å². The van der Waals surface area contributed by atoms with Crippen molar-refractivity contribution >= 4 is 34.2 Å². The molecule has 0 radical (unpaired) electrons. The molecule has 8 heteroatoms. The van der Waals surface area contributed by atoms with Crippen molar-refractivity contribution in [2.24, 2.45) is 0 Å². The third kappa shape index (κ3) is 3.04. The Morgan fingerprint density at radius 3 is 2.77 bits per heavy atom. The number of hydrogen-bond donors (Lipinski definition) is 3. The van der Waals surface area contributed by atoms with Gasteiger partial charge >= 0.3 is 0 Å². The second-order valence-electron chi connectivity index (χ2n) is 5.74. The lowest BCUT2D eigenvalue weighted by molar-refractivity contribution is 0.515. The van der Waals surface area contributed by atoms with Gasteiger partial charge in [0.05, 0.1) is 0 Å². The first-order valence-electron chi connectivity index (χ1n) is 7.86. The number of benzene rings is 2. The fourth-order valence-electron chi connectivity index (χ4n) is 2.59. The molecule has 6 nitrogen and oxygen atoms in total. The number of rotatable bonds is 4. The van der Waals surface area contributed by atoms with Gasteiger partial charge < -0.3 is 10.6 Å². The molecule has 0 aliphatic rings. The molecule has 0 aliphatic carbocycles. The zero-order chi connectivity index (χ0) is 18.1. The van der Waals surface area contributed by atoms with E-state index in [1.165, 1.54) is 6.07 Å². The molecule has 0 unspecified atom stereocenters. The van der Waals surface area contributed by atoms with E-state index in [4.69, 9.17) is 0 Å². The third-order valence-electron chi connectivity index (χ3n) is 3.81. The third-order valence-corrected chi connectivity index (χ3v) is 3.81. The lowest BCUT2D eigenvalue weighted by Gasteiger charge is -2.08. The van der Waals surface area contributed by atoms with Crippen LogP contribution in [0, 0.1) is 18.6 Å². The van der Waals surface area contributed by atoms with E-state index in [2.05, 4.69) is 30.8 Å². The molecule has 2 aromatic carbocycles. The number of H-pyrrole nitrogens is 1. The van der Waals surface area contributed by atoms with Gasteiger partial charge in [0.2, 0.25) is 5.95 Å². The smallest absolute Gasteiger partial charge is 0.229 e. The molecule has 0 fully saturated rings. The normalized spacial score (nSPS) is 10.9. The van der Waals surface area contributed by atoms with Crippen molar-refractivity contribution < 1.29 is 8.78 Å². The highest BCUT2D eigenvalue weighted by Gasteiger charge is 2.13. The molecule has 3 N–H and O–H groups in total. The maximum absolute atomic E-state index is 13.8. The Hall–Kier alpha value is -3.55. The maximum atomic E-state index is 13.8. The maximum Gasteiger partial charge on any atom is 0.229 e. The van der Waals surface area contributed by atoms with Crippen LogP contribution < -0.4 is 10.6 Å². The van der Waals surface area contributed by atoms with E-state index < -0.39 is 11.6 Å². The molecular weight excluding hydrogens is 338 g/mol. The number of anilines is 4. The van der Waals surface area contributed by atoms with Crippen molar-refractivity contribution in [3.8, 4) is 0 Å². The Kier molecular flexibility index (Phi) is 3.92. The molecule has 4 aromatic rings. The number of fused-ring (bicyclic) bond motifs is 1. The second-order valence-corrected chi connectivity index (χ2v) is 5.74. The van der Waals surface area contributed by atoms with Crippen LogP contribution in [0.2, 0.25) is 0 Å². The van der Waals surface area contributed by atoms with Gasteiger partial charge in [0.15, 0.2) is 17.5 Å². The molecule has 0 saturated carbocycles. The summed E-state index contributed by atoms with van der Waals surface area (Å²) in [5.74, 6) is -0.683. The van der Waals surface area contributed by atoms with Crippen LogP contribution in [0.5, 0.6) is 0 Å². The van der Waals surface area contributed by atoms with Crippen LogP contribution in [0.4, 0.5) is 32.1 Å². The standard InChI is InChI=1S/C18H14F2N6/c1-10-3-2-4-11(9-10)22-18-21-8-7-14(24-18)23-17-12-5-6-13(19)15(20)16(12)25-26-17/h2-9H,1H3,(H3,21,22,23,24,25,26). The van der Waals surface area contributed by atoms with Gasteiger partial charge in [-0.25, -0.2) is 13.8 Å². The molecule has 0 bridgehead atoms. The monoisotopic (exact) mass is 352 g/mol. The Labute approximate surface area is 147 Å². The highest BCUT2D eigenvalue weighted by Crippen LogP contribution is 2.26. The summed E-state index contributed by atoms with van der Waals surface area (Å²) in [5, 5.41) is 13.0. The molecule has 0 saturated heterocycles. The van der Waals surface area contributed by atoms with Crippen molar-refractivity contribution in [3.05, 3.63) is 65.9 Å². The van der Waals surface area contributed by atoms with Crippen LogP contribution in [0.15, 0.2) is 48.7 Å². The van der Waals surface area contributed by atoms with Crippen molar-refractivity contribution in [1.82, 2.24) is 20.2 Å². The summed E-state index contributed by atoms with van der Waals surface area (Å²) < 4.78 is 27.1. The summed E-state index contributed by atoms with van der Waals surface area (Å²) in [6.07, 6.45) is 1.59. The molecule has 2 heterocycles. The molecule has 130 valence electrons. The van der Waals surface area contributed by atoms with Crippen molar-refractivity contribution in [1.29, 1.82) is 0 Å². The second kappa shape index (κ2) is 6.40. The van der Waals surface area contributed by atoms with E-state index in [1.54, 1.807) is 12.3 Å². The first kappa shape index (κ1) is 15.9. The van der Waals surface area contributed by atoms with Crippen LogP contribution >= 0.6 is 0 Å². The first-order chi connectivity index (χ1) is 12.6. The van der Waals surface area contributed by atoms with Crippen LogP contribution in [0.1, 0.15) is 5.56 Å². The number of nitrogens with one attached hydrogen (secondary N) is 3. The van der Waals surface area contributed by atoms with Gasteiger partial charge in [-0.15, -0.1) is 0 Å². The molecule has 0 spiro atoms. The van der Waals surface area contributed by atoms with E-state index in [-0.39, 0.29) is 5.52 Å². The van der Waals surface area contributed by atoms with E-state index >= 15 is 0 Å². The number of aryl methyl sites for hydroxylation is 1. The van der Waals surface area contributed by atoms with Gasteiger partial charge in [0.1, 0.15) is 11.3 Å². The molecule has 0 aliphatic heterocycles. The van der Waals surface area contributed by atoms with Gasteiger partial charge in [-0.2, -0.15) is 10.1 Å². The first-order valence-corrected chi connectivity index (χ1v) is 7.86. The van der Waals surface area contributed by atoms with Crippen LogP contribution in [-0.2, 0) is 0 Å². The Morgan fingerprint density at radius 1 is 1.04 bits per heavy atom. The topological polar surface area (TPSA) is 78.5 Å². The average molecular weight is 352 g/mol. The average Bonchev–Trinajstić information content (AvgIpc) is 3.02. The van der Waals surface area contributed by atoms with Crippen LogP contribution in [0.3, 0.4) is 0 Å². The lowest BCUT2D eigenvalue weighted by atomic mass is 10.2. The number of aromatic amines is 1. The van der Waals surface area contributed by atoms with E-state index in [0.717, 1.165) is 17.3 Å². The number of aromatic nitrogens is 4. The SMILES string of the molecule is Cc1cccc(Nc2nccc(Nc3n[nH]c4c(F)c(F)ccc34)n2)c1. The lowest BCUT2D eigenvalue weighted by Crippen LogP contribution is -2.00. The van der Waals surface area contributed by atoms with Crippen LogP contribution in [-0.4, -0.2) is 20.2 Å². The predicted octanol–water partition coefficient (Wildman–Crippen LogP) is 4.43. The summed E-state index contributed by atoms with van der Waals surface area (Å²) in [7, 11) is 0. The van der Waals surface area contributed by atoms with Crippen molar-refractivity contribution in [2.75, 3.05) is 10.6 Å². The van der Waals surface area contributed by atoms with Gasteiger partial charge in [-0.05, 0) is 42.8 Å². The van der Waals surface area contributed by atoms with Gasteiger partial charge in [0, 0.05) is 17.3 Å². The molecular formula is C18H14F2N6. The minimum atomic E-state index is -0.965. The zero-order valence-electron chi connectivity index (χ0n) is 13.7. The summed E-state index contributed by atoms with van der Waals surface area (Å²) in [6.45, 7) is 1.99. The van der Waals surface area contributed by atoms with Crippen molar-refractivity contribution in [2.45, 2.75) is 6.92 Å². The molecule has 2 aromatic heterocycles. The predicted molar refractivity (Wildman–Crippen MR) is 95.8 cm³/mol. The summed E-state index contributed by atoms with van der Waals surface area (Å²) in [5.41, 5.74) is 1.98. The fourth-order valence-corrected chi connectivity index (χ4v) is 2.59. The Morgan fingerprint density at radius 2 is 1.92 bits per heavy atom. The van der Waals surface area contributed by atoms with E-state index in [1.807, 2.05) is 31.2 Å². The summed E-state index contributed by atoms with van der Waals surface area (Å²) in [6, 6.07) is 12.0. The van der Waals surface area contributed by atoms with Gasteiger partial charge in [0.25, 0.3) is 0 Å². The van der Waals surface area contributed by atoms with Gasteiger partial charge in [-0.3, -0.25) is 5.10 Å². The highest BCUT2D eigenvalue weighted by atomic mass is 19.2. The van der Waals surface area contributed by atoms with E-state index in [0.29, 0.717) is 23.0 Å². The zero-order valence-corrected chi connectivity index (χ0v) is 13.7. The number of nitrogens with zero attached hydrogens (tertiary/aromatic N) is 3. The minimum Gasteiger partial charge on any atom is -0.324 e. The van der Waals surface area contributed by atoms with Crippen LogP contribution in [0.25, 0.3) is 10.9 Å². The molecule has 4 rings (SSSR count). The summed E-state index contributed by atoms with van der Waals surface area (Å²) in [4.78, 5) is 8.55. The number of hydrogen-bond acceptors (Lipinski definition) is 5. The largest absolute Gasteiger partial charge is 0.324 e. The quantitative estimate of drug-likeness (QED) is 0.506. The summed E-state index contributed by atoms with van der Waals surface area (Å²) >= 11 is 0. The van der Waals surface area contributed by atoms with Crippen molar-refractivity contribution in [3.63, 3.8) is 0 Å².